The summed E-state index contributed by atoms with van der Waals surface area (Å²) in [6.07, 6.45) is 0. The van der Waals surface area contributed by atoms with Crippen LogP contribution in [0.5, 0.6) is 5.75 Å². The summed E-state index contributed by atoms with van der Waals surface area (Å²) in [5.41, 5.74) is 4.53. The zero-order valence-corrected chi connectivity index (χ0v) is 20.4. The molecule has 0 saturated carbocycles. The molecule has 3 aromatic rings. The number of ether oxygens (including phenoxy) is 1. The number of rotatable bonds is 4. The number of carbonyl (C=O) groups excluding carboxylic acids is 2. The molecule has 1 unspecified atom stereocenters. The van der Waals surface area contributed by atoms with Gasteiger partial charge in [0.05, 0.1) is 18.7 Å². The number of ketones is 1. The highest BCUT2D eigenvalue weighted by molar-refractivity contribution is 9.10. The number of anilines is 1. The second kappa shape index (κ2) is 8.87. The molecule has 1 N–H and O–H groups in total. The fourth-order valence-corrected chi connectivity index (χ4v) is 4.46. The van der Waals surface area contributed by atoms with Crippen molar-refractivity contribution in [1.82, 2.24) is 0 Å². The first kappa shape index (κ1) is 22.8. The Balaban J connectivity index is 2.03. The number of para-hydroxylation sites is 1. The summed E-state index contributed by atoms with van der Waals surface area (Å²) < 4.78 is 6.46. The van der Waals surface area contributed by atoms with Crippen molar-refractivity contribution in [3.63, 3.8) is 0 Å². The van der Waals surface area contributed by atoms with E-state index in [-0.39, 0.29) is 11.3 Å². The lowest BCUT2D eigenvalue weighted by Gasteiger charge is -2.28. The monoisotopic (exact) mass is 505 g/mol. The second-order valence-electron chi connectivity index (χ2n) is 8.09. The maximum atomic E-state index is 13.4. The molecule has 1 fully saturated rings. The van der Waals surface area contributed by atoms with E-state index in [0.717, 1.165) is 21.2 Å². The van der Waals surface area contributed by atoms with Gasteiger partial charge in [0.25, 0.3) is 11.7 Å². The Morgan fingerprint density at radius 3 is 2.39 bits per heavy atom. The Morgan fingerprint density at radius 2 is 1.70 bits per heavy atom. The number of halogens is 1. The van der Waals surface area contributed by atoms with E-state index in [0.29, 0.717) is 22.6 Å². The van der Waals surface area contributed by atoms with Gasteiger partial charge in [0.2, 0.25) is 0 Å². The number of aliphatic hydroxyl groups excluding tert-OH is 1. The average Bonchev–Trinajstić information content (AvgIpc) is 3.07. The van der Waals surface area contributed by atoms with Crippen molar-refractivity contribution < 1.29 is 19.4 Å². The number of benzene rings is 3. The van der Waals surface area contributed by atoms with Crippen LogP contribution in [0.25, 0.3) is 5.76 Å². The molecule has 1 aliphatic heterocycles. The molecule has 3 aromatic carbocycles. The molecule has 0 bridgehead atoms. The molecule has 0 aliphatic carbocycles. The highest BCUT2D eigenvalue weighted by atomic mass is 79.9. The summed E-state index contributed by atoms with van der Waals surface area (Å²) in [6.45, 7) is 5.77. The van der Waals surface area contributed by atoms with Crippen molar-refractivity contribution in [2.45, 2.75) is 26.8 Å². The van der Waals surface area contributed by atoms with Gasteiger partial charge in [0.15, 0.2) is 0 Å². The van der Waals surface area contributed by atoms with E-state index in [1.807, 2.05) is 63.2 Å². The van der Waals surface area contributed by atoms with E-state index in [4.69, 9.17) is 4.74 Å². The van der Waals surface area contributed by atoms with Gasteiger partial charge in [0.1, 0.15) is 11.5 Å². The normalized spacial score (nSPS) is 17.5. The summed E-state index contributed by atoms with van der Waals surface area (Å²) in [5, 5.41) is 11.3. The van der Waals surface area contributed by atoms with Crippen LogP contribution < -0.4 is 9.64 Å². The predicted molar refractivity (Wildman–Crippen MR) is 133 cm³/mol. The minimum absolute atomic E-state index is 0.0344. The Labute approximate surface area is 201 Å². The van der Waals surface area contributed by atoms with Crippen molar-refractivity contribution in [3.8, 4) is 5.75 Å². The average molecular weight is 506 g/mol. The molecule has 0 aromatic heterocycles. The number of aryl methyl sites for hydroxylation is 2. The molecule has 1 amide bonds. The number of hydrogen-bond acceptors (Lipinski definition) is 4. The molecule has 5 nitrogen and oxygen atoms in total. The van der Waals surface area contributed by atoms with E-state index in [1.165, 1.54) is 4.90 Å². The maximum Gasteiger partial charge on any atom is 0.300 e. The molecule has 1 saturated heterocycles. The topological polar surface area (TPSA) is 66.8 Å². The minimum Gasteiger partial charge on any atom is -0.507 e. The van der Waals surface area contributed by atoms with Gasteiger partial charge in [-0.25, -0.2) is 0 Å². The fraction of sp³-hybridized carbons (Fsp3) is 0.185. The van der Waals surface area contributed by atoms with Crippen molar-refractivity contribution in [3.05, 3.63) is 98.5 Å². The molecule has 1 atom stereocenters. The fourth-order valence-electron chi connectivity index (χ4n) is 4.21. The lowest BCUT2D eigenvalue weighted by molar-refractivity contribution is -0.132. The van der Waals surface area contributed by atoms with Crippen molar-refractivity contribution in [2.75, 3.05) is 12.0 Å². The van der Waals surface area contributed by atoms with Crippen molar-refractivity contribution in [1.29, 1.82) is 0 Å². The first-order valence-corrected chi connectivity index (χ1v) is 11.3. The van der Waals surface area contributed by atoms with Crippen LogP contribution in [-0.2, 0) is 9.59 Å². The summed E-state index contributed by atoms with van der Waals surface area (Å²) in [4.78, 5) is 28.3. The van der Waals surface area contributed by atoms with E-state index < -0.39 is 17.7 Å². The molecular weight excluding hydrogens is 482 g/mol. The predicted octanol–water partition coefficient (Wildman–Crippen LogP) is 6.01. The van der Waals surface area contributed by atoms with Crippen LogP contribution in [0.1, 0.15) is 33.9 Å². The van der Waals surface area contributed by atoms with E-state index in [1.54, 1.807) is 25.3 Å². The van der Waals surface area contributed by atoms with Crippen LogP contribution in [0.4, 0.5) is 5.69 Å². The van der Waals surface area contributed by atoms with Gasteiger partial charge in [-0.2, -0.15) is 0 Å². The lowest BCUT2D eigenvalue weighted by Crippen LogP contribution is -2.30. The van der Waals surface area contributed by atoms with Gasteiger partial charge in [-0.15, -0.1) is 0 Å². The second-order valence-corrected chi connectivity index (χ2v) is 8.95. The number of hydrogen-bond donors (Lipinski definition) is 1. The molecule has 0 spiro atoms. The van der Waals surface area contributed by atoms with Crippen LogP contribution in [-0.4, -0.2) is 23.9 Å². The Hall–Kier alpha value is -3.38. The van der Waals surface area contributed by atoms with Crippen LogP contribution >= 0.6 is 15.9 Å². The Kier molecular flexibility index (Phi) is 6.13. The Morgan fingerprint density at radius 1 is 0.970 bits per heavy atom. The van der Waals surface area contributed by atoms with Crippen molar-refractivity contribution >= 4 is 39.1 Å². The van der Waals surface area contributed by atoms with Gasteiger partial charge >= 0.3 is 0 Å². The largest absolute Gasteiger partial charge is 0.507 e. The van der Waals surface area contributed by atoms with Crippen LogP contribution in [0.3, 0.4) is 0 Å². The highest BCUT2D eigenvalue weighted by Crippen LogP contribution is 2.46. The summed E-state index contributed by atoms with van der Waals surface area (Å²) in [5.74, 6) is -1.11. The van der Waals surface area contributed by atoms with Gasteiger partial charge in [-0.3, -0.25) is 14.5 Å². The maximum absolute atomic E-state index is 13.4. The lowest BCUT2D eigenvalue weighted by atomic mass is 9.93. The third-order valence-corrected chi connectivity index (χ3v) is 7.03. The smallest absolute Gasteiger partial charge is 0.300 e. The van der Waals surface area contributed by atoms with Crippen molar-refractivity contribution in [2.24, 2.45) is 0 Å². The Bertz CT molecular complexity index is 1310. The first-order chi connectivity index (χ1) is 15.8. The number of carbonyl (C=O) groups is 2. The molecule has 1 heterocycles. The highest BCUT2D eigenvalue weighted by Gasteiger charge is 2.48. The van der Waals surface area contributed by atoms with Crippen LogP contribution in [0, 0.1) is 20.8 Å². The van der Waals surface area contributed by atoms with Gasteiger partial charge < -0.3 is 9.84 Å². The SMILES string of the molecule is COc1ccccc1C1/C(=C(\O)c2ccc(Br)c(C)c2)C(=O)C(=O)N1c1cccc(C)c1C. The summed E-state index contributed by atoms with van der Waals surface area (Å²) in [7, 11) is 1.54. The summed E-state index contributed by atoms with van der Waals surface area (Å²) in [6, 6.07) is 17.3. The van der Waals surface area contributed by atoms with Crippen LogP contribution in [0.15, 0.2) is 70.7 Å². The molecule has 0 radical (unpaired) electrons. The molecule has 168 valence electrons. The summed E-state index contributed by atoms with van der Waals surface area (Å²) >= 11 is 3.46. The molecule has 6 heteroatoms. The number of methoxy groups -OCH3 is 1. The van der Waals surface area contributed by atoms with Gasteiger partial charge in [-0.05, 0) is 61.7 Å². The van der Waals surface area contributed by atoms with Gasteiger partial charge in [0, 0.05) is 21.3 Å². The van der Waals surface area contributed by atoms with E-state index >= 15 is 0 Å². The van der Waals surface area contributed by atoms with E-state index in [9.17, 15) is 14.7 Å². The third kappa shape index (κ3) is 3.85. The zero-order chi connectivity index (χ0) is 23.9. The third-order valence-electron chi connectivity index (χ3n) is 6.14. The molecule has 33 heavy (non-hydrogen) atoms. The van der Waals surface area contributed by atoms with Gasteiger partial charge in [-0.1, -0.05) is 52.3 Å². The van der Waals surface area contributed by atoms with E-state index in [2.05, 4.69) is 15.9 Å². The number of nitrogens with zero attached hydrogens (tertiary/aromatic N) is 1. The molecular formula is C27H24BrNO4. The number of Topliss-reactive ketones (excluding diaryl/α,β-unsaturated/α-hetero) is 1. The zero-order valence-electron chi connectivity index (χ0n) is 18.8. The number of aliphatic hydroxyl groups is 1. The standard InChI is InChI=1S/C27H24BrNO4/c1-15-8-7-10-21(17(15)3)29-24(19-9-5-6-11-22(19)33-4)23(26(31)27(29)32)25(30)18-12-13-20(28)16(2)14-18/h5-14,24,30H,1-4H3/b25-23+. The number of amides is 1. The molecule has 4 rings (SSSR count). The molecule has 1 aliphatic rings. The minimum atomic E-state index is -0.842. The van der Waals surface area contributed by atoms with Crippen LogP contribution in [0.2, 0.25) is 0 Å². The quantitative estimate of drug-likeness (QED) is 0.268. The first-order valence-electron chi connectivity index (χ1n) is 10.5.